The van der Waals surface area contributed by atoms with Crippen molar-refractivity contribution in [1.82, 2.24) is 0 Å². The molecule has 0 aromatic heterocycles. The Morgan fingerprint density at radius 1 is 0.773 bits per heavy atom. The summed E-state index contributed by atoms with van der Waals surface area (Å²) in [5, 5.41) is 0. The molecule has 0 saturated carbocycles. The minimum absolute atomic E-state index is 0.212. The number of rotatable bonds is 9. The topological polar surface area (TPSA) is 71.1 Å². The number of carbonyl (C=O) groups excluding carboxylic acids is 2. The van der Waals surface area contributed by atoms with Crippen LogP contribution < -0.4 is 0 Å². The number of hydrogen-bond donors (Lipinski definition) is 0. The summed E-state index contributed by atoms with van der Waals surface area (Å²) in [6.07, 6.45) is -0.240. The van der Waals surface area contributed by atoms with Crippen LogP contribution in [-0.4, -0.2) is 49.6 Å². The lowest BCUT2D eigenvalue weighted by molar-refractivity contribution is -0.231. The highest BCUT2D eigenvalue weighted by atomic mass is 16.6. The Labute approximate surface area is 133 Å². The summed E-state index contributed by atoms with van der Waals surface area (Å²) in [5.41, 5.74) is -3.13. The molecule has 0 bridgehead atoms. The third kappa shape index (κ3) is 3.79. The maximum absolute atomic E-state index is 12.7. The van der Waals surface area contributed by atoms with Crippen molar-refractivity contribution < 1.29 is 28.5 Å². The van der Waals surface area contributed by atoms with Crippen LogP contribution in [0.15, 0.2) is 0 Å². The maximum Gasteiger partial charge on any atom is 0.342 e. The van der Waals surface area contributed by atoms with Gasteiger partial charge in [0, 0.05) is 14.2 Å². The molecule has 130 valence electrons. The zero-order chi connectivity index (χ0) is 17.6. The van der Waals surface area contributed by atoms with E-state index in [2.05, 4.69) is 0 Å². The van der Waals surface area contributed by atoms with E-state index in [1.54, 1.807) is 41.5 Å². The fourth-order valence-electron chi connectivity index (χ4n) is 2.59. The predicted molar refractivity (Wildman–Crippen MR) is 82.5 cm³/mol. The lowest BCUT2D eigenvalue weighted by Gasteiger charge is -2.44. The van der Waals surface area contributed by atoms with Crippen molar-refractivity contribution in [1.29, 1.82) is 0 Å². The molecular formula is C16H30O6. The first-order valence-electron chi connectivity index (χ1n) is 7.69. The fraction of sp³-hybridized carbons (Fsp3) is 0.875. The lowest BCUT2D eigenvalue weighted by Crippen LogP contribution is -2.66. The van der Waals surface area contributed by atoms with E-state index >= 15 is 0 Å². The van der Waals surface area contributed by atoms with Gasteiger partial charge >= 0.3 is 11.9 Å². The van der Waals surface area contributed by atoms with Crippen molar-refractivity contribution in [3.05, 3.63) is 0 Å². The van der Waals surface area contributed by atoms with E-state index in [1.165, 1.54) is 14.2 Å². The second-order valence-electron chi connectivity index (χ2n) is 5.68. The van der Waals surface area contributed by atoms with E-state index in [0.717, 1.165) is 0 Å². The van der Waals surface area contributed by atoms with Crippen LogP contribution in [0, 0.1) is 0 Å². The molecule has 6 heteroatoms. The molecule has 0 aliphatic heterocycles. The fourth-order valence-corrected chi connectivity index (χ4v) is 2.59. The normalized spacial score (nSPS) is 17.0. The molecule has 22 heavy (non-hydrogen) atoms. The van der Waals surface area contributed by atoms with Gasteiger partial charge in [-0.3, -0.25) is 0 Å². The maximum atomic E-state index is 12.7. The molecule has 0 fully saturated rings. The predicted octanol–water partition coefficient (Wildman–Crippen LogP) is 2.48. The Balaban J connectivity index is 5.99. The first kappa shape index (κ1) is 20.9. The van der Waals surface area contributed by atoms with E-state index in [1.807, 2.05) is 0 Å². The number of methoxy groups -OCH3 is 2. The quantitative estimate of drug-likeness (QED) is 0.608. The van der Waals surface area contributed by atoms with Gasteiger partial charge in [-0.05, 0) is 40.5 Å². The van der Waals surface area contributed by atoms with Crippen LogP contribution in [0.5, 0.6) is 0 Å². The number of carbonyl (C=O) groups is 2. The molecule has 2 atom stereocenters. The molecule has 0 rings (SSSR count). The molecule has 2 unspecified atom stereocenters. The first-order chi connectivity index (χ1) is 10.2. The monoisotopic (exact) mass is 318 g/mol. The minimum Gasteiger partial charge on any atom is -0.461 e. The van der Waals surface area contributed by atoms with E-state index in [-0.39, 0.29) is 25.0 Å². The van der Waals surface area contributed by atoms with Gasteiger partial charge in [-0.25, -0.2) is 9.59 Å². The van der Waals surface area contributed by atoms with Crippen LogP contribution in [0.2, 0.25) is 0 Å². The summed E-state index contributed by atoms with van der Waals surface area (Å²) in [6, 6.07) is 0. The zero-order valence-corrected chi connectivity index (χ0v) is 15.0. The Morgan fingerprint density at radius 3 is 1.18 bits per heavy atom. The smallest absolute Gasteiger partial charge is 0.342 e. The highest BCUT2D eigenvalue weighted by Gasteiger charge is 2.63. The van der Waals surface area contributed by atoms with Gasteiger partial charge in [0.1, 0.15) is 0 Å². The highest BCUT2D eigenvalue weighted by molar-refractivity contribution is 5.93. The molecule has 0 aliphatic rings. The van der Waals surface area contributed by atoms with Gasteiger partial charge in [-0.1, -0.05) is 13.8 Å². The number of esters is 2. The number of hydrogen-bond acceptors (Lipinski definition) is 6. The van der Waals surface area contributed by atoms with Gasteiger partial charge in [-0.15, -0.1) is 0 Å². The van der Waals surface area contributed by atoms with Gasteiger partial charge in [0.25, 0.3) is 0 Å². The molecule has 0 N–H and O–H groups in total. The standard InChI is InChI=1S/C16H30O6/c1-9-15(19-7,13(17)21-11(3)4)16(10-2,20-8)14(18)22-12(5)6/h11-12H,9-10H2,1-8H3. The number of ether oxygens (including phenoxy) is 4. The third-order valence-electron chi connectivity index (χ3n) is 3.69. The van der Waals surface area contributed by atoms with Gasteiger partial charge in [-0.2, -0.15) is 0 Å². The largest absolute Gasteiger partial charge is 0.461 e. The van der Waals surface area contributed by atoms with Crippen molar-refractivity contribution >= 4 is 11.9 Å². The summed E-state index contributed by atoms with van der Waals surface area (Å²) in [4.78, 5) is 25.3. The molecule has 0 aromatic rings. The SMILES string of the molecule is CCC(OC)(C(=O)OC(C)C)C(CC)(OC)C(=O)OC(C)C. The first-order valence-corrected chi connectivity index (χ1v) is 7.69. The highest BCUT2D eigenvalue weighted by Crippen LogP contribution is 2.38. The summed E-state index contributed by atoms with van der Waals surface area (Å²) < 4.78 is 21.6. The van der Waals surface area contributed by atoms with Crippen molar-refractivity contribution in [2.24, 2.45) is 0 Å². The molecule has 0 aliphatic carbocycles. The van der Waals surface area contributed by atoms with Gasteiger partial charge in [0.15, 0.2) is 0 Å². The van der Waals surface area contributed by atoms with Crippen molar-refractivity contribution in [3.63, 3.8) is 0 Å². The van der Waals surface area contributed by atoms with E-state index in [9.17, 15) is 9.59 Å². The second-order valence-corrected chi connectivity index (χ2v) is 5.68. The summed E-state index contributed by atoms with van der Waals surface area (Å²) in [5.74, 6) is -1.26. The molecule has 6 nitrogen and oxygen atoms in total. The third-order valence-corrected chi connectivity index (χ3v) is 3.69. The van der Waals surface area contributed by atoms with E-state index < -0.39 is 23.1 Å². The van der Waals surface area contributed by atoms with Crippen LogP contribution in [0.4, 0.5) is 0 Å². The lowest BCUT2D eigenvalue weighted by atomic mass is 9.77. The minimum atomic E-state index is -1.56. The molecule has 0 heterocycles. The molecule has 0 radical (unpaired) electrons. The van der Waals surface area contributed by atoms with E-state index in [4.69, 9.17) is 18.9 Å². The summed E-state index contributed by atoms with van der Waals surface area (Å²) >= 11 is 0. The summed E-state index contributed by atoms with van der Waals surface area (Å²) in [7, 11) is 2.74. The zero-order valence-electron chi connectivity index (χ0n) is 15.0. The Morgan fingerprint density at radius 2 is 1.05 bits per heavy atom. The average molecular weight is 318 g/mol. The van der Waals surface area contributed by atoms with Crippen LogP contribution in [0.1, 0.15) is 54.4 Å². The average Bonchev–Trinajstić information content (AvgIpc) is 2.43. The van der Waals surface area contributed by atoms with Gasteiger partial charge < -0.3 is 18.9 Å². The summed E-state index contributed by atoms with van der Waals surface area (Å²) in [6.45, 7) is 10.4. The van der Waals surface area contributed by atoms with Crippen molar-refractivity contribution in [2.45, 2.75) is 77.8 Å². The van der Waals surface area contributed by atoms with Crippen LogP contribution in [0.25, 0.3) is 0 Å². The van der Waals surface area contributed by atoms with Crippen molar-refractivity contribution in [2.75, 3.05) is 14.2 Å². The van der Waals surface area contributed by atoms with Crippen LogP contribution in [-0.2, 0) is 28.5 Å². The molecule has 0 aromatic carbocycles. The Hall–Kier alpha value is -1.14. The van der Waals surface area contributed by atoms with Gasteiger partial charge in [0.05, 0.1) is 12.2 Å². The Kier molecular flexibility index (Phi) is 8.04. The van der Waals surface area contributed by atoms with E-state index in [0.29, 0.717) is 0 Å². The second kappa shape index (κ2) is 8.48. The molecule has 0 spiro atoms. The molecule has 0 amide bonds. The van der Waals surface area contributed by atoms with Crippen LogP contribution >= 0.6 is 0 Å². The van der Waals surface area contributed by atoms with Crippen LogP contribution in [0.3, 0.4) is 0 Å². The van der Waals surface area contributed by atoms with Crippen molar-refractivity contribution in [3.8, 4) is 0 Å². The molecule has 0 saturated heterocycles. The molecular weight excluding hydrogens is 288 g/mol. The Bertz CT molecular complexity index is 331. The van der Waals surface area contributed by atoms with Gasteiger partial charge in [0.2, 0.25) is 11.2 Å².